The molecule has 3 N–H and O–H groups in total. The molecule has 252 valence electrons. The Labute approximate surface area is 279 Å². The largest absolute Gasteiger partial charge is 2.00 e. The molecule has 45 heavy (non-hydrogen) atoms. The van der Waals surface area contributed by atoms with Crippen molar-refractivity contribution in [1.82, 2.24) is 19.6 Å². The van der Waals surface area contributed by atoms with Crippen LogP contribution in [0, 0.1) is 55.1 Å². The molecule has 0 fully saturated rings. The number of rotatable bonds is 5. The van der Waals surface area contributed by atoms with Crippen molar-refractivity contribution in [3.8, 4) is 5.75 Å². The Morgan fingerprint density at radius 3 is 1.36 bits per heavy atom. The maximum absolute atomic E-state index is 8.49. The first-order valence-electron chi connectivity index (χ1n) is 12.7. The van der Waals surface area contributed by atoms with Crippen molar-refractivity contribution in [1.29, 1.82) is 0 Å². The summed E-state index contributed by atoms with van der Waals surface area (Å²) in [6, 6.07) is 20.9. The summed E-state index contributed by atoms with van der Waals surface area (Å²) in [6.45, 7) is 14.7. The second kappa shape index (κ2) is 19.9. The molecule has 2 aromatic heterocycles. The van der Waals surface area contributed by atoms with Crippen molar-refractivity contribution in [2.75, 3.05) is 7.11 Å². The number of nitrogens with zero attached hydrogens (tertiary/aromatic N) is 4. The van der Waals surface area contributed by atoms with Crippen LogP contribution in [0.3, 0.4) is 0 Å². The predicted molar refractivity (Wildman–Crippen MR) is 140 cm³/mol. The number of aromatic nitrogens is 4. The van der Waals surface area contributed by atoms with E-state index in [9.17, 15) is 0 Å². The molecule has 17 heteroatoms. The fraction of sp³-hybridized carbons (Fsp3) is 0.357. The topological polar surface area (TPSA) is 262 Å². The van der Waals surface area contributed by atoms with E-state index in [2.05, 4.69) is 87.3 Å². The van der Waals surface area contributed by atoms with Crippen LogP contribution in [0.2, 0.25) is 0 Å². The smallest absolute Gasteiger partial charge is 0.496 e. The van der Waals surface area contributed by atoms with Crippen LogP contribution in [0.25, 0.3) is 0 Å². The van der Waals surface area contributed by atoms with E-state index in [4.69, 9.17) is 42.0 Å². The Morgan fingerprint density at radius 1 is 0.667 bits per heavy atom. The van der Waals surface area contributed by atoms with Gasteiger partial charge in [0.2, 0.25) is 0 Å². The second-order valence-corrected chi connectivity index (χ2v) is 11.2. The molecule has 0 spiro atoms. The summed E-state index contributed by atoms with van der Waals surface area (Å²) in [5.74, 6) is 1.48. The first kappa shape index (κ1) is 44.6. The van der Waals surface area contributed by atoms with Gasteiger partial charge in [-0.3, -0.25) is 0 Å². The Balaban J connectivity index is 0. The fourth-order valence-electron chi connectivity index (χ4n) is 3.99. The summed E-state index contributed by atoms with van der Waals surface area (Å²) in [6.07, 6.45) is -0.173. The minimum atomic E-state index is -4.94. The summed E-state index contributed by atoms with van der Waals surface area (Å²) in [4.78, 5) is 0. The number of aryl methyl sites for hydroxylation is 5. The fourth-order valence-corrected chi connectivity index (χ4v) is 3.99. The summed E-state index contributed by atoms with van der Waals surface area (Å²) < 4.78 is 77.5. The van der Waals surface area contributed by atoms with E-state index in [1.165, 1.54) is 11.1 Å². The molecule has 4 rings (SSSR count). The molecular weight excluding hydrogens is 724 g/mol. The third kappa shape index (κ3) is 17.7. The third-order valence-corrected chi connectivity index (χ3v) is 5.71. The number of methoxy groups -OCH3 is 1. The number of para-hydroxylation sites is 1. The zero-order chi connectivity index (χ0) is 33.1. The van der Waals surface area contributed by atoms with Gasteiger partial charge in [0.1, 0.15) is 5.75 Å². The van der Waals surface area contributed by atoms with E-state index in [1.807, 2.05) is 41.4 Å². The summed E-state index contributed by atoms with van der Waals surface area (Å²) in [5, 5.41) is 9.38. The summed E-state index contributed by atoms with van der Waals surface area (Å²) in [5.41, 5.74) is 7.95. The first-order valence-corrected chi connectivity index (χ1v) is 15.2. The summed E-state index contributed by atoms with van der Waals surface area (Å²) in [7, 11) is -8.20. The first-order chi connectivity index (χ1) is 19.7. The molecule has 2 aromatic carbocycles. The average molecular weight is 764 g/mol. The van der Waals surface area contributed by atoms with Gasteiger partial charge in [0.15, 0.2) is 6.17 Å². The van der Waals surface area contributed by atoms with Crippen molar-refractivity contribution < 1.29 is 87.4 Å². The Bertz CT molecular complexity index is 1340. The second-order valence-electron chi connectivity index (χ2n) is 9.68. The Hall–Kier alpha value is -2.50. The van der Waals surface area contributed by atoms with Gasteiger partial charge in [-0.2, -0.15) is 10.2 Å². The predicted octanol–water partition coefficient (Wildman–Crippen LogP) is -3.90. The van der Waals surface area contributed by atoms with Gasteiger partial charge >= 0.3 is 19.5 Å². The van der Waals surface area contributed by atoms with Crippen LogP contribution >= 0.6 is 0 Å². The van der Waals surface area contributed by atoms with Crippen LogP contribution in [0.4, 0.5) is 0 Å². The molecule has 0 aliphatic rings. The molecule has 2 heterocycles. The van der Waals surface area contributed by atoms with Crippen LogP contribution in [-0.4, -0.2) is 26.7 Å². The van der Waals surface area contributed by atoms with Gasteiger partial charge in [-0.25, -0.2) is 46.6 Å². The van der Waals surface area contributed by atoms with Gasteiger partial charge in [-0.05, 0) is 64.3 Å². The van der Waals surface area contributed by atoms with Crippen molar-refractivity contribution in [2.45, 2.75) is 60.5 Å². The number of hydrogen-bond donors (Lipinski definition) is 0. The molecule has 0 aliphatic heterocycles. The molecule has 0 atom stereocenters. The maximum atomic E-state index is 8.49. The van der Waals surface area contributed by atoms with E-state index >= 15 is 0 Å². The maximum Gasteiger partial charge on any atom is 2.00 e. The summed E-state index contributed by atoms with van der Waals surface area (Å²) >= 11 is 0. The van der Waals surface area contributed by atoms with Crippen molar-refractivity contribution in [3.05, 3.63) is 100 Å². The molecule has 0 aliphatic carbocycles. The number of hydrogen-bond acceptors (Lipinski definition) is 11. The SMILES string of the molecule is COc1ccccc1C(n1nc(C)cc1C)n1nc(C)cc1C.Cc1ccc(C(C)C)cc1.[O-][Cl+3]([O-])([O-])[O-].[O-][Cl+3]([O-])([O-])[O-].[OH3+].[Ru+2]. The van der Waals surface area contributed by atoms with Crippen LogP contribution in [0.15, 0.2) is 60.7 Å². The van der Waals surface area contributed by atoms with Gasteiger partial charge in [0, 0.05) is 17.0 Å². The van der Waals surface area contributed by atoms with Crippen LogP contribution in [-0.2, 0) is 25.0 Å². The van der Waals surface area contributed by atoms with E-state index in [1.54, 1.807) is 7.11 Å². The standard InChI is InChI=1S/C18H22N4O.C10H14.2ClHO4.H2O.Ru/c1-12-10-14(3)21(19-12)18(22-15(4)11-13(2)20-22)16-8-6-7-9-17(16)23-5;1-8(2)10-6-4-9(3)5-7-10;2*2-1(3,4)5;;/h6-11,18H,1-5H3;4-8H,1-3H3;2*(H,2,3,4,5);1H2;/q;;;;;+2/p-1. The van der Waals surface area contributed by atoms with Crippen LogP contribution in [0.1, 0.15) is 65.4 Å². The zero-order valence-electron chi connectivity index (χ0n) is 26.1. The molecule has 0 saturated carbocycles. The number of ether oxygens (including phenoxy) is 1. The molecule has 4 aromatic rings. The molecular formula is C28H39Cl2N4O10Ru+. The minimum Gasteiger partial charge on any atom is -0.496 e. The van der Waals surface area contributed by atoms with Crippen molar-refractivity contribution in [2.24, 2.45) is 0 Å². The van der Waals surface area contributed by atoms with Gasteiger partial charge in [-0.1, -0.05) is 61.9 Å². The van der Waals surface area contributed by atoms with E-state index in [-0.39, 0.29) is 31.1 Å². The van der Waals surface area contributed by atoms with Crippen LogP contribution in [0.5, 0.6) is 5.75 Å². The van der Waals surface area contributed by atoms with Gasteiger partial charge in [-0.15, -0.1) is 20.5 Å². The molecule has 0 saturated heterocycles. The monoisotopic (exact) mass is 763 g/mol. The van der Waals surface area contributed by atoms with Gasteiger partial charge in [0.25, 0.3) is 0 Å². The van der Waals surface area contributed by atoms with Gasteiger partial charge in [0.05, 0.1) is 18.5 Å². The minimum absolute atomic E-state index is 0. The normalized spacial score (nSPS) is 10.7. The number of benzene rings is 2. The Kier molecular flexibility index (Phi) is 19.7. The van der Waals surface area contributed by atoms with Crippen LogP contribution < -0.4 is 42.0 Å². The van der Waals surface area contributed by atoms with Crippen molar-refractivity contribution in [3.63, 3.8) is 0 Å². The van der Waals surface area contributed by atoms with E-state index in [0.717, 1.165) is 34.1 Å². The molecule has 14 nitrogen and oxygen atoms in total. The zero-order valence-corrected chi connectivity index (χ0v) is 29.3. The third-order valence-electron chi connectivity index (χ3n) is 5.71. The van der Waals surface area contributed by atoms with E-state index < -0.39 is 20.5 Å². The average Bonchev–Trinajstić information content (AvgIpc) is 3.37. The van der Waals surface area contributed by atoms with Gasteiger partial charge < -0.3 is 10.2 Å². The molecule has 0 amide bonds. The number of halogens is 2. The molecule has 0 unspecified atom stereocenters. The van der Waals surface area contributed by atoms with Crippen molar-refractivity contribution >= 4 is 0 Å². The molecule has 0 radical (unpaired) electrons. The quantitative estimate of drug-likeness (QED) is 0.140. The van der Waals surface area contributed by atoms with E-state index in [0.29, 0.717) is 5.92 Å². The molecule has 0 bridgehead atoms. The Morgan fingerprint density at radius 2 is 1.04 bits per heavy atom.